The van der Waals surface area contributed by atoms with Gasteiger partial charge in [-0.15, -0.1) is 0 Å². The van der Waals surface area contributed by atoms with Crippen molar-refractivity contribution in [3.8, 4) is 0 Å². The van der Waals surface area contributed by atoms with Gasteiger partial charge >= 0.3 is 0 Å². The molecule has 1 atom stereocenters. The van der Waals surface area contributed by atoms with Crippen molar-refractivity contribution in [1.82, 2.24) is 19.5 Å². The van der Waals surface area contributed by atoms with Crippen molar-refractivity contribution in [3.05, 3.63) is 34.4 Å². The molecule has 3 heterocycles. The summed E-state index contributed by atoms with van der Waals surface area (Å²) in [6, 6.07) is 3.48. The van der Waals surface area contributed by atoms with Crippen molar-refractivity contribution in [2.75, 3.05) is 13.1 Å². The Hall–Kier alpha value is -1.62. The van der Waals surface area contributed by atoms with Crippen LogP contribution in [0.5, 0.6) is 0 Å². The van der Waals surface area contributed by atoms with Gasteiger partial charge in [-0.3, -0.25) is 14.8 Å². The fraction of sp³-hybridized carbons (Fsp3) is 0.538. The van der Waals surface area contributed by atoms with E-state index in [0.717, 1.165) is 25.3 Å². The maximum atomic E-state index is 11.3. The van der Waals surface area contributed by atoms with Crippen LogP contribution in [0.25, 0.3) is 5.65 Å². The summed E-state index contributed by atoms with van der Waals surface area (Å²) in [4.78, 5) is 18.3. The van der Waals surface area contributed by atoms with Gasteiger partial charge in [-0.05, 0) is 25.9 Å². The number of hydrogen-bond acceptors (Lipinski definition) is 3. The molecule has 2 aromatic heterocycles. The van der Waals surface area contributed by atoms with Gasteiger partial charge in [0, 0.05) is 18.3 Å². The Bertz CT molecular complexity index is 600. The van der Waals surface area contributed by atoms with Crippen molar-refractivity contribution in [2.24, 2.45) is 0 Å². The highest BCUT2D eigenvalue weighted by Gasteiger charge is 2.25. The van der Waals surface area contributed by atoms with Crippen molar-refractivity contribution >= 4 is 5.65 Å². The molecule has 1 aliphatic rings. The number of likely N-dealkylation sites (tertiary alicyclic amines) is 1. The summed E-state index contributed by atoms with van der Waals surface area (Å²) in [5.41, 5.74) is 0.711. The first-order chi connectivity index (χ1) is 8.78. The number of fused-ring (bicyclic) bond motifs is 1. The van der Waals surface area contributed by atoms with Crippen LogP contribution in [0.4, 0.5) is 0 Å². The van der Waals surface area contributed by atoms with Gasteiger partial charge in [-0.25, -0.2) is 9.50 Å². The average molecular weight is 246 g/mol. The number of H-pyrrole nitrogens is 1. The van der Waals surface area contributed by atoms with Gasteiger partial charge in [-0.2, -0.15) is 0 Å². The zero-order valence-corrected chi connectivity index (χ0v) is 10.6. The van der Waals surface area contributed by atoms with Crippen LogP contribution in [-0.2, 0) is 0 Å². The predicted molar refractivity (Wildman–Crippen MR) is 69.7 cm³/mol. The molecular formula is C13H18N4O. The van der Waals surface area contributed by atoms with E-state index < -0.39 is 0 Å². The van der Waals surface area contributed by atoms with Gasteiger partial charge in [0.15, 0.2) is 11.1 Å². The van der Waals surface area contributed by atoms with E-state index in [1.807, 2.05) is 4.52 Å². The number of aromatic amines is 1. The topological polar surface area (TPSA) is 53.4 Å². The van der Waals surface area contributed by atoms with E-state index >= 15 is 0 Å². The lowest BCUT2D eigenvalue weighted by Crippen LogP contribution is -2.33. The zero-order valence-electron chi connectivity index (χ0n) is 10.6. The molecule has 96 valence electrons. The van der Waals surface area contributed by atoms with Crippen molar-refractivity contribution in [3.63, 3.8) is 0 Å². The minimum Gasteiger partial charge on any atom is -0.294 e. The summed E-state index contributed by atoms with van der Waals surface area (Å²) in [6.45, 7) is 4.36. The predicted octanol–water partition coefficient (Wildman–Crippen LogP) is 1.57. The molecule has 5 heteroatoms. The standard InChI is InChI=1S/C13H18N4O/c1-2-16-7-4-3-5-11(16)13-14-12-9-10(18)6-8-17(12)15-13/h6,8-9,11H,2-5,7H2,1H3,(H,14,15). The largest absolute Gasteiger partial charge is 0.294 e. The van der Waals surface area contributed by atoms with E-state index in [4.69, 9.17) is 0 Å². The lowest BCUT2D eigenvalue weighted by molar-refractivity contribution is 0.150. The van der Waals surface area contributed by atoms with Crippen LogP contribution < -0.4 is 5.43 Å². The molecule has 2 aromatic rings. The Kier molecular flexibility index (Phi) is 2.91. The van der Waals surface area contributed by atoms with Crippen LogP contribution in [-0.4, -0.2) is 32.6 Å². The highest BCUT2D eigenvalue weighted by atomic mass is 16.1. The first-order valence-corrected chi connectivity index (χ1v) is 6.60. The Morgan fingerprint density at radius 3 is 3.22 bits per heavy atom. The second kappa shape index (κ2) is 4.57. The van der Waals surface area contributed by atoms with Crippen LogP contribution in [0.1, 0.15) is 38.1 Å². The van der Waals surface area contributed by atoms with Gasteiger partial charge in [0.2, 0.25) is 0 Å². The average Bonchev–Trinajstić information content (AvgIpc) is 2.81. The highest BCUT2D eigenvalue weighted by molar-refractivity contribution is 5.36. The van der Waals surface area contributed by atoms with Crippen LogP contribution in [0, 0.1) is 0 Å². The Balaban J connectivity index is 1.99. The van der Waals surface area contributed by atoms with E-state index in [0.29, 0.717) is 11.7 Å². The Morgan fingerprint density at radius 1 is 1.50 bits per heavy atom. The summed E-state index contributed by atoms with van der Waals surface area (Å²) < 4.78 is 1.82. The molecule has 0 aromatic carbocycles. The molecular weight excluding hydrogens is 228 g/mol. The molecule has 0 bridgehead atoms. The van der Waals surface area contributed by atoms with Gasteiger partial charge in [0.05, 0.1) is 6.04 Å². The fourth-order valence-electron chi connectivity index (χ4n) is 2.75. The molecule has 0 aliphatic carbocycles. The SMILES string of the molecule is CCN1CCCCC1c1nc2cc(=O)ccn2[nH]1. The molecule has 1 saturated heterocycles. The highest BCUT2D eigenvalue weighted by Crippen LogP contribution is 2.28. The van der Waals surface area contributed by atoms with Crippen LogP contribution in [0.3, 0.4) is 0 Å². The molecule has 1 N–H and O–H groups in total. The van der Waals surface area contributed by atoms with E-state index in [-0.39, 0.29) is 5.43 Å². The molecule has 18 heavy (non-hydrogen) atoms. The molecule has 3 rings (SSSR count). The molecule has 0 saturated carbocycles. The lowest BCUT2D eigenvalue weighted by atomic mass is 10.0. The summed E-state index contributed by atoms with van der Waals surface area (Å²) in [7, 11) is 0. The first-order valence-electron chi connectivity index (χ1n) is 6.60. The van der Waals surface area contributed by atoms with E-state index in [2.05, 4.69) is 21.9 Å². The van der Waals surface area contributed by atoms with Crippen molar-refractivity contribution in [1.29, 1.82) is 0 Å². The maximum Gasteiger partial charge on any atom is 0.183 e. The number of nitrogens with zero attached hydrogens (tertiary/aromatic N) is 3. The van der Waals surface area contributed by atoms with Crippen molar-refractivity contribution < 1.29 is 0 Å². The van der Waals surface area contributed by atoms with Crippen LogP contribution in [0.15, 0.2) is 23.1 Å². The van der Waals surface area contributed by atoms with E-state index in [9.17, 15) is 4.79 Å². The summed E-state index contributed by atoms with van der Waals surface area (Å²) in [5, 5.41) is 3.28. The third-order valence-corrected chi connectivity index (χ3v) is 3.71. The second-order valence-electron chi connectivity index (χ2n) is 4.84. The summed E-state index contributed by atoms with van der Waals surface area (Å²) in [6.07, 6.45) is 5.39. The Labute approximate surface area is 105 Å². The molecule has 0 radical (unpaired) electrons. The fourth-order valence-corrected chi connectivity index (χ4v) is 2.75. The molecule has 1 fully saturated rings. The van der Waals surface area contributed by atoms with Gasteiger partial charge in [0.25, 0.3) is 0 Å². The number of hydrogen-bond donors (Lipinski definition) is 1. The minimum atomic E-state index is 0.00374. The quantitative estimate of drug-likeness (QED) is 0.875. The Morgan fingerprint density at radius 2 is 2.39 bits per heavy atom. The van der Waals surface area contributed by atoms with Crippen LogP contribution in [0.2, 0.25) is 0 Å². The number of rotatable bonds is 2. The molecule has 1 aliphatic heterocycles. The van der Waals surface area contributed by atoms with E-state index in [1.165, 1.54) is 12.8 Å². The molecule has 0 amide bonds. The smallest absolute Gasteiger partial charge is 0.183 e. The number of pyridine rings is 1. The second-order valence-corrected chi connectivity index (χ2v) is 4.84. The van der Waals surface area contributed by atoms with Gasteiger partial charge < -0.3 is 0 Å². The van der Waals surface area contributed by atoms with Gasteiger partial charge in [-0.1, -0.05) is 13.3 Å². The number of piperidine rings is 1. The number of aromatic nitrogens is 3. The number of nitrogens with one attached hydrogen (secondary N) is 1. The normalized spacial score (nSPS) is 21.5. The third-order valence-electron chi connectivity index (χ3n) is 3.71. The minimum absolute atomic E-state index is 0.00374. The van der Waals surface area contributed by atoms with E-state index in [1.54, 1.807) is 18.3 Å². The van der Waals surface area contributed by atoms with Crippen LogP contribution >= 0.6 is 0 Å². The van der Waals surface area contributed by atoms with Gasteiger partial charge in [0.1, 0.15) is 5.82 Å². The zero-order chi connectivity index (χ0) is 12.5. The summed E-state index contributed by atoms with van der Waals surface area (Å²) >= 11 is 0. The molecule has 1 unspecified atom stereocenters. The third kappa shape index (κ3) is 1.95. The monoisotopic (exact) mass is 246 g/mol. The van der Waals surface area contributed by atoms with Crippen molar-refractivity contribution in [2.45, 2.75) is 32.2 Å². The molecule has 0 spiro atoms. The lowest BCUT2D eigenvalue weighted by Gasteiger charge is -2.33. The first kappa shape index (κ1) is 11.5. The summed E-state index contributed by atoms with van der Waals surface area (Å²) in [5.74, 6) is 0.974. The molecule has 5 nitrogen and oxygen atoms in total. The maximum absolute atomic E-state index is 11.3.